The molecule has 0 radical (unpaired) electrons. The molecule has 0 bridgehead atoms. The maximum Gasteiger partial charge on any atom is 0.416 e. The second-order valence-corrected chi connectivity index (χ2v) is 7.09. The molecular formula is C19H21F3N4O2. The molecule has 1 atom stereocenters. The summed E-state index contributed by atoms with van der Waals surface area (Å²) in [4.78, 5) is 24.3. The normalized spacial score (nSPS) is 20.8. The van der Waals surface area contributed by atoms with Gasteiger partial charge in [0.25, 0.3) is 0 Å². The van der Waals surface area contributed by atoms with E-state index in [9.17, 15) is 18.0 Å². The summed E-state index contributed by atoms with van der Waals surface area (Å²) in [5, 5.41) is 0. The van der Waals surface area contributed by atoms with Crippen LogP contribution in [0.3, 0.4) is 0 Å². The number of alkyl halides is 3. The predicted molar refractivity (Wildman–Crippen MR) is 94.2 cm³/mol. The number of halogens is 3. The standard InChI is InChI=1S/C19H21F3N4O2/c20-19(21,22)14-3-1-13(2-4-14)10-26-11-16-15(23-12-24-16)9-17(26)18(27)25-5-7-28-8-6-25/h1-4,12,17H,5-11H2,(H,23,24)/t17-/m0/s1. The highest BCUT2D eigenvalue weighted by atomic mass is 19.4. The van der Waals surface area contributed by atoms with Gasteiger partial charge in [-0.2, -0.15) is 13.2 Å². The molecular weight excluding hydrogens is 373 g/mol. The van der Waals surface area contributed by atoms with Crippen LogP contribution in [0.25, 0.3) is 0 Å². The van der Waals surface area contributed by atoms with Gasteiger partial charge < -0.3 is 14.6 Å². The Kier molecular flexibility index (Phi) is 5.11. The fraction of sp³-hybridized carbons (Fsp3) is 0.474. The Labute approximate surface area is 160 Å². The average Bonchev–Trinajstić information content (AvgIpc) is 3.14. The van der Waals surface area contributed by atoms with E-state index in [1.54, 1.807) is 11.2 Å². The smallest absolute Gasteiger partial charge is 0.378 e. The highest BCUT2D eigenvalue weighted by Crippen LogP contribution is 2.30. The van der Waals surface area contributed by atoms with Crippen molar-refractivity contribution in [3.8, 4) is 0 Å². The van der Waals surface area contributed by atoms with Crippen molar-refractivity contribution in [2.75, 3.05) is 26.3 Å². The minimum atomic E-state index is -4.36. The Balaban J connectivity index is 1.54. The molecule has 1 amide bonds. The van der Waals surface area contributed by atoms with Gasteiger partial charge in [0, 0.05) is 32.6 Å². The van der Waals surface area contributed by atoms with Crippen molar-refractivity contribution in [3.05, 3.63) is 53.1 Å². The molecule has 150 valence electrons. The fourth-order valence-electron chi connectivity index (χ4n) is 3.73. The summed E-state index contributed by atoms with van der Waals surface area (Å²) in [6, 6.07) is 4.72. The number of ether oxygens (including phenoxy) is 1. The van der Waals surface area contributed by atoms with E-state index >= 15 is 0 Å². The molecule has 6 nitrogen and oxygen atoms in total. The third-order valence-electron chi connectivity index (χ3n) is 5.27. The average molecular weight is 394 g/mol. The van der Waals surface area contributed by atoms with Crippen molar-refractivity contribution in [2.45, 2.75) is 31.7 Å². The monoisotopic (exact) mass is 394 g/mol. The summed E-state index contributed by atoms with van der Waals surface area (Å²) >= 11 is 0. The van der Waals surface area contributed by atoms with Crippen LogP contribution < -0.4 is 0 Å². The van der Waals surface area contributed by atoms with Gasteiger partial charge >= 0.3 is 6.18 Å². The third kappa shape index (κ3) is 3.90. The van der Waals surface area contributed by atoms with Crippen LogP contribution in [0.2, 0.25) is 0 Å². The number of imidazole rings is 1. The summed E-state index contributed by atoms with van der Waals surface area (Å²) in [5.74, 6) is 0.0175. The van der Waals surface area contributed by atoms with Crippen LogP contribution in [0.15, 0.2) is 30.6 Å². The topological polar surface area (TPSA) is 61.5 Å². The summed E-state index contributed by atoms with van der Waals surface area (Å²) in [5.41, 5.74) is 1.87. The van der Waals surface area contributed by atoms with Gasteiger partial charge in [0.1, 0.15) is 0 Å². The zero-order valence-corrected chi connectivity index (χ0v) is 15.2. The van der Waals surface area contributed by atoms with Crippen LogP contribution in [0.1, 0.15) is 22.5 Å². The van der Waals surface area contributed by atoms with Crippen molar-refractivity contribution in [3.63, 3.8) is 0 Å². The van der Waals surface area contributed by atoms with Crippen LogP contribution >= 0.6 is 0 Å². The van der Waals surface area contributed by atoms with Crippen LogP contribution in [-0.2, 0) is 35.2 Å². The number of H-pyrrole nitrogens is 1. The molecule has 1 aromatic carbocycles. The Morgan fingerprint density at radius 3 is 2.61 bits per heavy atom. The largest absolute Gasteiger partial charge is 0.416 e. The molecule has 1 fully saturated rings. The van der Waals surface area contributed by atoms with Gasteiger partial charge in [-0.15, -0.1) is 0 Å². The molecule has 3 heterocycles. The van der Waals surface area contributed by atoms with Gasteiger partial charge in [0.2, 0.25) is 5.91 Å². The summed E-state index contributed by atoms with van der Waals surface area (Å²) in [6.45, 7) is 3.03. The van der Waals surface area contributed by atoms with Crippen molar-refractivity contribution in [1.29, 1.82) is 0 Å². The van der Waals surface area contributed by atoms with E-state index in [2.05, 4.69) is 9.97 Å². The number of aromatic nitrogens is 2. The summed E-state index contributed by atoms with van der Waals surface area (Å²) in [6.07, 6.45) is -2.26. The van der Waals surface area contributed by atoms with Crippen molar-refractivity contribution in [2.24, 2.45) is 0 Å². The first-order valence-corrected chi connectivity index (χ1v) is 9.19. The van der Waals surface area contributed by atoms with Crippen LogP contribution in [0.5, 0.6) is 0 Å². The first kappa shape index (κ1) is 18.9. The lowest BCUT2D eigenvalue weighted by Crippen LogP contribution is -2.53. The first-order chi connectivity index (χ1) is 13.4. The number of morpholine rings is 1. The molecule has 0 saturated carbocycles. The maximum absolute atomic E-state index is 13.1. The van der Waals surface area contributed by atoms with Gasteiger partial charge in [0.05, 0.1) is 42.5 Å². The molecule has 0 unspecified atom stereocenters. The zero-order valence-electron chi connectivity index (χ0n) is 15.2. The van der Waals surface area contributed by atoms with E-state index in [4.69, 9.17) is 4.74 Å². The minimum absolute atomic E-state index is 0.0175. The van der Waals surface area contributed by atoms with Gasteiger partial charge in [0.15, 0.2) is 0 Å². The Bertz CT molecular complexity index is 828. The number of rotatable bonds is 3. The first-order valence-electron chi connectivity index (χ1n) is 9.19. The number of hydrogen-bond donors (Lipinski definition) is 1. The Morgan fingerprint density at radius 1 is 1.21 bits per heavy atom. The van der Waals surface area contributed by atoms with E-state index in [1.807, 2.05) is 4.90 Å². The highest BCUT2D eigenvalue weighted by Gasteiger charge is 2.36. The summed E-state index contributed by atoms with van der Waals surface area (Å²) in [7, 11) is 0. The molecule has 1 saturated heterocycles. The van der Waals surface area contributed by atoms with E-state index in [0.717, 1.165) is 29.1 Å². The number of fused-ring (bicyclic) bond motifs is 1. The second-order valence-electron chi connectivity index (χ2n) is 7.09. The molecule has 0 spiro atoms. The maximum atomic E-state index is 13.1. The molecule has 2 aromatic rings. The van der Waals surface area contributed by atoms with Gasteiger partial charge in [-0.1, -0.05) is 12.1 Å². The molecule has 1 N–H and O–H groups in total. The lowest BCUT2D eigenvalue weighted by Gasteiger charge is -2.38. The van der Waals surface area contributed by atoms with Crippen LogP contribution in [-0.4, -0.2) is 58.0 Å². The molecule has 9 heteroatoms. The lowest BCUT2D eigenvalue weighted by molar-refractivity contribution is -0.142. The number of nitrogens with one attached hydrogen (secondary N) is 1. The number of hydrogen-bond acceptors (Lipinski definition) is 4. The molecule has 0 aliphatic carbocycles. The zero-order chi connectivity index (χ0) is 19.7. The summed E-state index contributed by atoms with van der Waals surface area (Å²) < 4.78 is 43.7. The van der Waals surface area contributed by atoms with Crippen LogP contribution in [0.4, 0.5) is 13.2 Å². The van der Waals surface area contributed by atoms with Crippen molar-refractivity contribution < 1.29 is 22.7 Å². The van der Waals surface area contributed by atoms with E-state index in [0.29, 0.717) is 45.8 Å². The van der Waals surface area contributed by atoms with Crippen LogP contribution in [0, 0.1) is 0 Å². The lowest BCUT2D eigenvalue weighted by atomic mass is 9.99. The predicted octanol–water partition coefficient (Wildman–Crippen LogP) is 2.21. The van der Waals surface area contributed by atoms with E-state index < -0.39 is 17.8 Å². The molecule has 2 aliphatic rings. The van der Waals surface area contributed by atoms with E-state index in [1.165, 1.54) is 12.1 Å². The molecule has 1 aromatic heterocycles. The Hall–Kier alpha value is -2.39. The van der Waals surface area contributed by atoms with Gasteiger partial charge in [-0.3, -0.25) is 9.69 Å². The third-order valence-corrected chi connectivity index (χ3v) is 5.27. The quantitative estimate of drug-likeness (QED) is 0.867. The fourth-order valence-corrected chi connectivity index (χ4v) is 3.73. The highest BCUT2D eigenvalue weighted by molar-refractivity contribution is 5.82. The Morgan fingerprint density at radius 2 is 1.93 bits per heavy atom. The number of nitrogens with zero attached hydrogens (tertiary/aromatic N) is 3. The SMILES string of the molecule is O=C([C@@H]1Cc2nc[nH]c2CN1Cc1ccc(C(F)(F)F)cc1)N1CCOCC1. The number of amides is 1. The number of carbonyl (C=O) groups excluding carboxylic acids is 1. The van der Waals surface area contributed by atoms with Gasteiger partial charge in [-0.25, -0.2) is 4.98 Å². The van der Waals surface area contributed by atoms with E-state index in [-0.39, 0.29) is 5.91 Å². The second kappa shape index (κ2) is 7.56. The van der Waals surface area contributed by atoms with Gasteiger partial charge in [-0.05, 0) is 17.7 Å². The molecule has 4 rings (SSSR count). The number of benzene rings is 1. The van der Waals surface area contributed by atoms with Crippen molar-refractivity contribution >= 4 is 5.91 Å². The van der Waals surface area contributed by atoms with Crippen molar-refractivity contribution in [1.82, 2.24) is 19.8 Å². The molecule has 28 heavy (non-hydrogen) atoms. The molecule has 2 aliphatic heterocycles. The number of carbonyl (C=O) groups is 1. The number of aromatic amines is 1. The minimum Gasteiger partial charge on any atom is -0.378 e.